The van der Waals surface area contributed by atoms with Gasteiger partial charge in [0.2, 0.25) is 20.0 Å². The van der Waals surface area contributed by atoms with Gasteiger partial charge in [-0.3, -0.25) is 0 Å². The number of rotatable bonds is 9. The molecule has 2 aliphatic heterocycles. The highest BCUT2D eigenvalue weighted by atomic mass is 32.2. The number of hydrogen-bond donors (Lipinski definition) is 2. The molecule has 12 heteroatoms. The minimum Gasteiger partial charge on any atom is -0.507 e. The number of aryl methyl sites for hydroxylation is 6. The molecule has 2 aliphatic rings. The Balaban J connectivity index is 1.43. The number of sulfonamides is 2. The van der Waals surface area contributed by atoms with Crippen molar-refractivity contribution in [1.29, 1.82) is 0 Å². The topological polar surface area (TPSA) is 134 Å². The molecular formula is C40H48N2O8S2. The zero-order chi connectivity index (χ0) is 37.9. The molecule has 2 fully saturated rings. The second-order valence-corrected chi connectivity index (χ2v) is 17.7. The Kier molecular flexibility index (Phi) is 10.4. The van der Waals surface area contributed by atoms with Crippen LogP contribution in [0.3, 0.4) is 0 Å². The minimum absolute atomic E-state index is 0.136. The Morgan fingerprint density at radius 1 is 0.596 bits per heavy atom. The van der Waals surface area contributed by atoms with Crippen LogP contribution in [0.5, 0.6) is 11.5 Å². The highest BCUT2D eigenvalue weighted by Gasteiger charge is 2.47. The van der Waals surface area contributed by atoms with Crippen LogP contribution in [0.4, 0.5) is 0 Å². The predicted molar refractivity (Wildman–Crippen MR) is 200 cm³/mol. The molecule has 0 saturated carbocycles. The highest BCUT2D eigenvalue weighted by Crippen LogP contribution is 2.48. The lowest BCUT2D eigenvalue weighted by molar-refractivity contribution is 0.0655. The molecule has 2 saturated heterocycles. The van der Waals surface area contributed by atoms with Crippen LogP contribution in [0.15, 0.2) is 70.5 Å². The molecule has 0 aromatic heterocycles. The lowest BCUT2D eigenvalue weighted by atomic mass is 9.97. The third kappa shape index (κ3) is 6.33. The molecule has 10 nitrogen and oxygen atoms in total. The molecule has 4 aromatic rings. The molecule has 6 rings (SSSR count). The predicted octanol–water partition coefficient (Wildman–Crippen LogP) is 7.61. The fourth-order valence-electron chi connectivity index (χ4n) is 8.09. The number of nitrogens with zero attached hydrogens (tertiary/aromatic N) is 2. The van der Waals surface area contributed by atoms with Crippen LogP contribution < -0.4 is 0 Å². The number of hydrogen-bond acceptors (Lipinski definition) is 8. The van der Waals surface area contributed by atoms with E-state index in [2.05, 4.69) is 0 Å². The van der Waals surface area contributed by atoms with Crippen molar-refractivity contribution in [1.82, 2.24) is 8.61 Å². The molecule has 278 valence electrons. The largest absolute Gasteiger partial charge is 0.507 e. The van der Waals surface area contributed by atoms with E-state index in [1.165, 1.54) is 8.61 Å². The molecule has 4 aromatic carbocycles. The summed E-state index contributed by atoms with van der Waals surface area (Å²) in [6.45, 7) is 15.0. The molecule has 0 bridgehead atoms. The van der Waals surface area contributed by atoms with Crippen LogP contribution in [0.1, 0.15) is 83.7 Å². The molecule has 52 heavy (non-hydrogen) atoms. The van der Waals surface area contributed by atoms with E-state index in [-0.39, 0.29) is 56.8 Å². The summed E-state index contributed by atoms with van der Waals surface area (Å²) in [5.41, 5.74) is 5.32. The first-order valence-electron chi connectivity index (χ1n) is 17.6. The second kappa shape index (κ2) is 14.2. The number of aromatic hydroxyl groups is 2. The van der Waals surface area contributed by atoms with Crippen molar-refractivity contribution in [3.63, 3.8) is 0 Å². The van der Waals surface area contributed by atoms with Gasteiger partial charge in [-0.25, -0.2) is 16.8 Å². The summed E-state index contributed by atoms with van der Waals surface area (Å²) in [5.74, 6) is -0.521. The molecule has 2 N–H and O–H groups in total. The van der Waals surface area contributed by atoms with Gasteiger partial charge in [-0.15, -0.1) is 0 Å². The van der Waals surface area contributed by atoms with Crippen LogP contribution >= 0.6 is 0 Å². The number of para-hydroxylation sites is 2. The smallest absolute Gasteiger partial charge is 0.246 e. The second-order valence-electron chi connectivity index (χ2n) is 14.1. The summed E-state index contributed by atoms with van der Waals surface area (Å²) in [7, 11) is -8.17. The summed E-state index contributed by atoms with van der Waals surface area (Å²) in [6, 6.07) is 16.2. The van der Waals surface area contributed by atoms with E-state index in [4.69, 9.17) is 9.47 Å². The maximum absolute atomic E-state index is 14.4. The number of benzene rings is 4. The first-order valence-corrected chi connectivity index (χ1v) is 20.5. The highest BCUT2D eigenvalue weighted by molar-refractivity contribution is 7.89. The van der Waals surface area contributed by atoms with Crippen molar-refractivity contribution in [2.75, 3.05) is 13.2 Å². The summed E-state index contributed by atoms with van der Waals surface area (Å²) in [6.07, 6.45) is -1.29. The zero-order valence-corrected chi connectivity index (χ0v) is 32.6. The fraction of sp³-hybridized carbons (Fsp3) is 0.400. The van der Waals surface area contributed by atoms with Crippen LogP contribution in [-0.2, 0) is 29.5 Å². The molecule has 0 radical (unpaired) electrons. The van der Waals surface area contributed by atoms with Crippen molar-refractivity contribution < 1.29 is 36.5 Å². The Bertz CT molecular complexity index is 2050. The summed E-state index contributed by atoms with van der Waals surface area (Å²) >= 11 is 0. The van der Waals surface area contributed by atoms with E-state index in [0.717, 1.165) is 11.1 Å². The van der Waals surface area contributed by atoms with Gasteiger partial charge >= 0.3 is 0 Å². The normalized spacial score (nSPS) is 21.6. The van der Waals surface area contributed by atoms with Crippen molar-refractivity contribution in [2.24, 2.45) is 0 Å². The van der Waals surface area contributed by atoms with Crippen LogP contribution in [0, 0.1) is 41.5 Å². The third-order valence-corrected chi connectivity index (χ3v) is 14.7. The van der Waals surface area contributed by atoms with Crippen LogP contribution in [0.25, 0.3) is 11.1 Å². The van der Waals surface area contributed by atoms with E-state index >= 15 is 0 Å². The van der Waals surface area contributed by atoms with Gasteiger partial charge in [0.1, 0.15) is 11.5 Å². The van der Waals surface area contributed by atoms with Gasteiger partial charge in [0.25, 0.3) is 0 Å². The van der Waals surface area contributed by atoms with E-state index in [0.29, 0.717) is 35.1 Å². The Morgan fingerprint density at radius 2 is 0.923 bits per heavy atom. The summed E-state index contributed by atoms with van der Waals surface area (Å²) in [5, 5.41) is 23.8. The van der Waals surface area contributed by atoms with Gasteiger partial charge in [-0.1, -0.05) is 85.6 Å². The zero-order valence-electron chi connectivity index (χ0n) is 31.0. The molecule has 0 unspecified atom stereocenters. The molecular weight excluding hydrogens is 701 g/mol. The summed E-state index contributed by atoms with van der Waals surface area (Å²) in [4.78, 5) is 0.427. The van der Waals surface area contributed by atoms with Crippen molar-refractivity contribution >= 4 is 20.0 Å². The monoisotopic (exact) mass is 748 g/mol. The van der Waals surface area contributed by atoms with Crippen molar-refractivity contribution in [2.45, 2.75) is 103 Å². The third-order valence-electron chi connectivity index (χ3n) is 10.3. The molecule has 2 heterocycles. The Labute approximate surface area is 307 Å². The average molecular weight is 749 g/mol. The fourth-order valence-corrected chi connectivity index (χ4v) is 12.4. The lowest BCUT2D eigenvalue weighted by Crippen LogP contribution is -2.38. The van der Waals surface area contributed by atoms with Gasteiger partial charge in [0.15, 0.2) is 12.5 Å². The van der Waals surface area contributed by atoms with Crippen molar-refractivity contribution in [3.8, 4) is 22.6 Å². The Morgan fingerprint density at radius 3 is 1.23 bits per heavy atom. The van der Waals surface area contributed by atoms with Gasteiger partial charge < -0.3 is 19.7 Å². The number of phenolic OH excluding ortho intramolecular Hbond substituents is 2. The maximum Gasteiger partial charge on any atom is 0.246 e. The van der Waals surface area contributed by atoms with Crippen molar-refractivity contribution in [3.05, 3.63) is 105 Å². The molecule has 0 aliphatic carbocycles. The van der Waals surface area contributed by atoms with E-state index in [1.807, 2.05) is 52.0 Å². The number of ether oxygens (including phenoxy) is 2. The SMILES string of the molecule is CC[C@H]1CO[C@@H](c2cccc(-c3cccc([C@@H]4OC[C@H](CC)N4S(=O)(=O)c4c(C)cc(C)cc4C)c3O)c2O)N1S(=O)(=O)c1c(C)cc(C)cc1C. The maximum atomic E-state index is 14.4. The quantitative estimate of drug-likeness (QED) is 0.179. The van der Waals surface area contributed by atoms with Gasteiger partial charge in [-0.05, 0) is 76.6 Å². The lowest BCUT2D eigenvalue weighted by Gasteiger charge is -2.30. The average Bonchev–Trinajstić information content (AvgIpc) is 3.69. The van der Waals surface area contributed by atoms with Crippen LogP contribution in [0.2, 0.25) is 0 Å². The van der Waals surface area contributed by atoms with Gasteiger partial charge in [0.05, 0.1) is 35.1 Å². The summed E-state index contributed by atoms with van der Waals surface area (Å²) < 4.78 is 72.7. The number of phenols is 2. The molecule has 0 amide bonds. The first-order chi connectivity index (χ1) is 24.5. The van der Waals surface area contributed by atoms with Gasteiger partial charge in [-0.2, -0.15) is 8.61 Å². The molecule has 4 atom stereocenters. The Hall–Kier alpha value is -3.78. The minimum atomic E-state index is -4.09. The van der Waals surface area contributed by atoms with E-state index in [9.17, 15) is 27.0 Å². The van der Waals surface area contributed by atoms with Crippen LogP contribution in [-0.4, -0.2) is 61.0 Å². The van der Waals surface area contributed by atoms with E-state index in [1.54, 1.807) is 64.1 Å². The van der Waals surface area contributed by atoms with Gasteiger partial charge in [0, 0.05) is 22.3 Å². The van der Waals surface area contributed by atoms with E-state index < -0.39 is 44.6 Å². The molecule has 0 spiro atoms. The standard InChI is InChI=1S/C40H48N2O8S2/c1-9-29-21-49-39(41(29)51(45,46)37-25(5)17-23(3)18-26(37)6)33-15-11-13-31(35(33)43)32-14-12-16-34(36(32)44)40-42(30(10-2)22-50-40)52(47,48)38-27(7)19-24(4)20-28(38)8/h11-20,29-30,39-40,43-44H,9-10,21-22H2,1-8H3/t29-,30-,39-,40-/m0/s1. The first kappa shape index (κ1) is 38.0.